The van der Waals surface area contributed by atoms with E-state index in [0.29, 0.717) is 11.1 Å². The third-order valence-electron chi connectivity index (χ3n) is 2.41. The molecular formula is C12H10N2O2S2. The molecule has 4 nitrogen and oxygen atoms in total. The van der Waals surface area contributed by atoms with Crippen molar-refractivity contribution in [3.05, 3.63) is 35.9 Å². The molecular weight excluding hydrogens is 268 g/mol. The Bertz CT molecular complexity index is 725. The Balaban J connectivity index is 2.85. The quantitative estimate of drug-likeness (QED) is 0.913. The molecule has 2 aromatic rings. The van der Waals surface area contributed by atoms with Crippen LogP contribution in [0.5, 0.6) is 0 Å². The van der Waals surface area contributed by atoms with Crippen LogP contribution < -0.4 is 5.73 Å². The fourth-order valence-electron chi connectivity index (χ4n) is 1.67. The van der Waals surface area contributed by atoms with Crippen molar-refractivity contribution in [2.45, 2.75) is 4.21 Å². The molecule has 2 rings (SSSR count). The number of hydrogen-bond donors (Lipinski definition) is 1. The van der Waals surface area contributed by atoms with Crippen LogP contribution in [-0.2, 0) is 9.84 Å². The lowest BCUT2D eigenvalue weighted by molar-refractivity contribution is 0.604. The maximum Gasteiger partial charge on any atom is 0.185 e. The van der Waals surface area contributed by atoms with Crippen LogP contribution in [0.1, 0.15) is 5.56 Å². The Morgan fingerprint density at radius 2 is 1.89 bits per heavy atom. The second-order valence-electron chi connectivity index (χ2n) is 3.75. The molecule has 1 aromatic heterocycles. The van der Waals surface area contributed by atoms with E-state index >= 15 is 0 Å². The Labute approximate surface area is 109 Å². The first kappa shape index (κ1) is 12.6. The lowest BCUT2D eigenvalue weighted by atomic mass is 10.1. The van der Waals surface area contributed by atoms with E-state index < -0.39 is 9.84 Å². The number of hydrogen-bond acceptors (Lipinski definition) is 5. The Kier molecular flexibility index (Phi) is 3.11. The zero-order valence-corrected chi connectivity index (χ0v) is 11.2. The van der Waals surface area contributed by atoms with Crippen molar-refractivity contribution in [2.24, 2.45) is 0 Å². The summed E-state index contributed by atoms with van der Waals surface area (Å²) >= 11 is 0.935. The lowest BCUT2D eigenvalue weighted by Crippen LogP contribution is -1.96. The zero-order chi connectivity index (χ0) is 13.3. The van der Waals surface area contributed by atoms with Gasteiger partial charge in [-0.2, -0.15) is 5.26 Å². The standard InChI is InChI=1S/C12H10N2O2S2/c1-18(15,16)12-10(8-5-3-2-4-6-8)9(7-13)11(14)17-12/h2-6H,14H2,1H3. The summed E-state index contributed by atoms with van der Waals surface area (Å²) in [6, 6.07) is 10.9. The number of anilines is 1. The van der Waals surface area contributed by atoms with Crippen molar-refractivity contribution in [1.82, 2.24) is 0 Å². The van der Waals surface area contributed by atoms with Crippen LogP contribution >= 0.6 is 11.3 Å². The molecule has 92 valence electrons. The molecule has 0 atom stereocenters. The van der Waals surface area contributed by atoms with Crippen LogP contribution in [-0.4, -0.2) is 14.7 Å². The number of nitriles is 1. The lowest BCUT2D eigenvalue weighted by Gasteiger charge is -2.02. The van der Waals surface area contributed by atoms with Crippen LogP contribution in [0.3, 0.4) is 0 Å². The van der Waals surface area contributed by atoms with Crippen molar-refractivity contribution in [2.75, 3.05) is 12.0 Å². The van der Waals surface area contributed by atoms with Crippen molar-refractivity contribution < 1.29 is 8.42 Å². The molecule has 2 N–H and O–H groups in total. The van der Waals surface area contributed by atoms with E-state index in [-0.39, 0.29) is 14.8 Å². The van der Waals surface area contributed by atoms with E-state index in [1.54, 1.807) is 24.3 Å². The van der Waals surface area contributed by atoms with Gasteiger partial charge >= 0.3 is 0 Å². The van der Waals surface area contributed by atoms with Gasteiger partial charge in [0.05, 0.1) is 5.56 Å². The molecule has 0 aliphatic carbocycles. The molecule has 0 saturated carbocycles. The van der Waals surface area contributed by atoms with Crippen LogP contribution in [0, 0.1) is 11.3 Å². The van der Waals surface area contributed by atoms with Crippen molar-refractivity contribution in [1.29, 1.82) is 5.26 Å². The van der Waals surface area contributed by atoms with Gasteiger partial charge < -0.3 is 5.73 Å². The summed E-state index contributed by atoms with van der Waals surface area (Å²) in [5.41, 5.74) is 7.04. The van der Waals surface area contributed by atoms with Crippen LogP contribution in [0.2, 0.25) is 0 Å². The Morgan fingerprint density at radius 1 is 1.28 bits per heavy atom. The Morgan fingerprint density at radius 3 is 2.39 bits per heavy atom. The second-order valence-corrected chi connectivity index (χ2v) is 7.02. The summed E-state index contributed by atoms with van der Waals surface area (Å²) in [4.78, 5) is 0. The molecule has 0 aliphatic rings. The van der Waals surface area contributed by atoms with Gasteiger partial charge in [-0.3, -0.25) is 0 Å². The maximum atomic E-state index is 11.8. The summed E-state index contributed by atoms with van der Waals surface area (Å²) < 4.78 is 23.6. The highest BCUT2D eigenvalue weighted by Crippen LogP contribution is 2.40. The van der Waals surface area contributed by atoms with Gasteiger partial charge in [0.2, 0.25) is 0 Å². The molecule has 6 heteroatoms. The summed E-state index contributed by atoms with van der Waals surface area (Å²) in [5.74, 6) is 0. The summed E-state index contributed by atoms with van der Waals surface area (Å²) in [7, 11) is -3.41. The van der Waals surface area contributed by atoms with Crippen molar-refractivity contribution in [3.63, 3.8) is 0 Å². The minimum Gasteiger partial charge on any atom is -0.389 e. The highest BCUT2D eigenvalue weighted by atomic mass is 32.2. The molecule has 0 spiro atoms. The third kappa shape index (κ3) is 2.10. The number of thiophene rings is 1. The van der Waals surface area contributed by atoms with Gasteiger partial charge in [-0.25, -0.2) is 8.42 Å². The molecule has 0 aliphatic heterocycles. The van der Waals surface area contributed by atoms with E-state index in [9.17, 15) is 8.42 Å². The molecule has 0 amide bonds. The number of nitrogens with zero attached hydrogens (tertiary/aromatic N) is 1. The van der Waals surface area contributed by atoms with Crippen LogP contribution in [0.15, 0.2) is 34.5 Å². The molecule has 0 saturated heterocycles. The predicted molar refractivity (Wildman–Crippen MR) is 72.0 cm³/mol. The first-order valence-corrected chi connectivity index (χ1v) is 7.73. The van der Waals surface area contributed by atoms with Gasteiger partial charge in [-0.15, -0.1) is 11.3 Å². The molecule has 0 radical (unpaired) electrons. The minimum atomic E-state index is -3.41. The molecule has 0 unspecified atom stereocenters. The van der Waals surface area contributed by atoms with Crippen LogP contribution in [0.4, 0.5) is 5.00 Å². The molecule has 1 heterocycles. The monoisotopic (exact) mass is 278 g/mol. The van der Waals surface area contributed by atoms with E-state index in [2.05, 4.69) is 0 Å². The highest BCUT2D eigenvalue weighted by molar-refractivity contribution is 7.93. The fourth-order valence-corrected chi connectivity index (χ4v) is 3.90. The summed E-state index contributed by atoms with van der Waals surface area (Å²) in [5, 5.41) is 9.35. The van der Waals surface area contributed by atoms with Gasteiger partial charge in [0, 0.05) is 11.8 Å². The maximum absolute atomic E-state index is 11.8. The number of sulfone groups is 1. The molecule has 0 bridgehead atoms. The van der Waals surface area contributed by atoms with Crippen molar-refractivity contribution >= 4 is 26.2 Å². The van der Waals surface area contributed by atoms with E-state index in [1.807, 2.05) is 12.1 Å². The number of nitrogens with two attached hydrogens (primary N) is 1. The average molecular weight is 278 g/mol. The first-order valence-electron chi connectivity index (χ1n) is 5.03. The van der Waals surface area contributed by atoms with Crippen LogP contribution in [0.25, 0.3) is 11.1 Å². The van der Waals surface area contributed by atoms with E-state index in [0.717, 1.165) is 17.6 Å². The number of nitrogen functional groups attached to an aromatic ring is 1. The van der Waals surface area contributed by atoms with Gasteiger partial charge in [-0.1, -0.05) is 30.3 Å². The largest absolute Gasteiger partial charge is 0.389 e. The van der Waals surface area contributed by atoms with Gasteiger partial charge in [0.15, 0.2) is 9.84 Å². The second kappa shape index (κ2) is 4.44. The topological polar surface area (TPSA) is 83.9 Å². The summed E-state index contributed by atoms with van der Waals surface area (Å²) in [6.45, 7) is 0. The van der Waals surface area contributed by atoms with Gasteiger partial charge in [-0.05, 0) is 5.56 Å². The highest BCUT2D eigenvalue weighted by Gasteiger charge is 2.24. The molecule has 0 fully saturated rings. The number of benzene rings is 1. The van der Waals surface area contributed by atoms with Gasteiger partial charge in [0.25, 0.3) is 0 Å². The normalized spacial score (nSPS) is 11.1. The zero-order valence-electron chi connectivity index (χ0n) is 9.54. The fraction of sp³-hybridized carbons (Fsp3) is 0.0833. The Hall–Kier alpha value is -1.84. The van der Waals surface area contributed by atoms with E-state index in [1.165, 1.54) is 0 Å². The molecule has 18 heavy (non-hydrogen) atoms. The molecule has 1 aromatic carbocycles. The first-order chi connectivity index (χ1) is 8.45. The van der Waals surface area contributed by atoms with E-state index in [4.69, 9.17) is 11.0 Å². The average Bonchev–Trinajstić information content (AvgIpc) is 2.67. The summed E-state index contributed by atoms with van der Waals surface area (Å²) in [6.07, 6.45) is 1.12. The number of rotatable bonds is 2. The smallest absolute Gasteiger partial charge is 0.185 e. The van der Waals surface area contributed by atoms with Crippen molar-refractivity contribution in [3.8, 4) is 17.2 Å². The van der Waals surface area contributed by atoms with Gasteiger partial charge in [0.1, 0.15) is 15.3 Å². The third-order valence-corrected chi connectivity index (χ3v) is 5.26. The predicted octanol–water partition coefficient (Wildman–Crippen LogP) is 2.27. The SMILES string of the molecule is CS(=O)(=O)c1sc(N)c(C#N)c1-c1ccccc1. The minimum absolute atomic E-state index is 0.141.